The van der Waals surface area contributed by atoms with Gasteiger partial charge in [-0.05, 0) is 33.1 Å². The summed E-state index contributed by atoms with van der Waals surface area (Å²) in [5.74, 6) is 0.740. The molecule has 1 aliphatic carbocycles. The minimum atomic E-state index is -0.133. The highest BCUT2D eigenvalue weighted by atomic mass is 16.5. The van der Waals surface area contributed by atoms with Crippen molar-refractivity contribution in [3.63, 3.8) is 0 Å². The fourth-order valence-electron chi connectivity index (χ4n) is 2.23. The maximum Gasteiger partial charge on any atom is 0.305 e. The summed E-state index contributed by atoms with van der Waals surface area (Å²) in [5.41, 5.74) is 0. The third kappa shape index (κ3) is 7.03. The summed E-state index contributed by atoms with van der Waals surface area (Å²) in [5, 5.41) is 6.70. The van der Waals surface area contributed by atoms with E-state index in [9.17, 15) is 4.79 Å². The van der Waals surface area contributed by atoms with Gasteiger partial charge in [-0.25, -0.2) is 0 Å². The van der Waals surface area contributed by atoms with Crippen LogP contribution in [0.1, 0.15) is 52.4 Å². The van der Waals surface area contributed by atoms with Crippen LogP contribution >= 0.6 is 0 Å². The molecule has 19 heavy (non-hydrogen) atoms. The molecule has 0 unspecified atom stereocenters. The number of nitrogens with zero attached hydrogens (tertiary/aromatic N) is 1. The van der Waals surface area contributed by atoms with Gasteiger partial charge in [0.15, 0.2) is 5.96 Å². The lowest BCUT2D eigenvalue weighted by atomic mass is 10.2. The Labute approximate surface area is 116 Å². The van der Waals surface area contributed by atoms with E-state index in [0.717, 1.165) is 18.9 Å². The fourth-order valence-corrected chi connectivity index (χ4v) is 2.23. The number of nitrogens with one attached hydrogen (secondary N) is 2. The van der Waals surface area contributed by atoms with Gasteiger partial charge in [0.25, 0.3) is 0 Å². The Bertz CT molecular complexity index is 286. The van der Waals surface area contributed by atoms with Crippen LogP contribution in [-0.4, -0.2) is 37.7 Å². The summed E-state index contributed by atoms with van der Waals surface area (Å²) < 4.78 is 4.89. The van der Waals surface area contributed by atoms with Gasteiger partial charge in [0.05, 0.1) is 6.61 Å². The second-order valence-corrected chi connectivity index (χ2v) is 4.79. The molecule has 1 rings (SSSR count). The highest BCUT2D eigenvalue weighted by Crippen LogP contribution is 2.17. The molecule has 5 heteroatoms. The minimum Gasteiger partial charge on any atom is -0.466 e. The van der Waals surface area contributed by atoms with Gasteiger partial charge in [-0.3, -0.25) is 9.79 Å². The standard InChI is InChI=1S/C14H27N3O2/c1-3-15-14(17-12-8-5-6-9-12)16-11-7-10-13(18)19-4-2/h12H,3-11H2,1-2H3,(H2,15,16,17). The average Bonchev–Trinajstić information content (AvgIpc) is 2.88. The van der Waals surface area contributed by atoms with Gasteiger partial charge >= 0.3 is 5.97 Å². The number of ether oxygens (including phenoxy) is 1. The van der Waals surface area contributed by atoms with Crippen molar-refractivity contribution in [2.24, 2.45) is 4.99 Å². The normalized spacial score (nSPS) is 16.4. The number of carbonyl (C=O) groups excluding carboxylic acids is 1. The topological polar surface area (TPSA) is 62.7 Å². The number of carbonyl (C=O) groups is 1. The van der Waals surface area contributed by atoms with E-state index < -0.39 is 0 Å². The Morgan fingerprint density at radius 2 is 2.05 bits per heavy atom. The van der Waals surface area contributed by atoms with Crippen LogP contribution in [0.5, 0.6) is 0 Å². The van der Waals surface area contributed by atoms with E-state index >= 15 is 0 Å². The number of aliphatic imine (C=N–C) groups is 1. The third-order valence-corrected chi connectivity index (χ3v) is 3.15. The van der Waals surface area contributed by atoms with Crippen molar-refractivity contribution in [1.82, 2.24) is 10.6 Å². The summed E-state index contributed by atoms with van der Waals surface area (Å²) in [6, 6.07) is 0.558. The lowest BCUT2D eigenvalue weighted by Gasteiger charge is -2.16. The highest BCUT2D eigenvalue weighted by Gasteiger charge is 2.15. The van der Waals surface area contributed by atoms with Crippen LogP contribution < -0.4 is 10.6 Å². The smallest absolute Gasteiger partial charge is 0.305 e. The molecular formula is C14H27N3O2. The molecular weight excluding hydrogens is 242 g/mol. The molecule has 0 radical (unpaired) electrons. The largest absolute Gasteiger partial charge is 0.466 e. The van der Waals surface area contributed by atoms with Crippen molar-refractivity contribution < 1.29 is 9.53 Å². The molecule has 0 aromatic heterocycles. The van der Waals surface area contributed by atoms with E-state index in [4.69, 9.17) is 4.74 Å². The first-order valence-electron chi connectivity index (χ1n) is 7.46. The van der Waals surface area contributed by atoms with Crippen LogP contribution in [-0.2, 0) is 9.53 Å². The van der Waals surface area contributed by atoms with Gasteiger partial charge in [0.1, 0.15) is 0 Å². The van der Waals surface area contributed by atoms with Crippen molar-refractivity contribution in [3.8, 4) is 0 Å². The molecule has 0 aromatic carbocycles. The van der Waals surface area contributed by atoms with Crippen LogP contribution in [0.4, 0.5) is 0 Å². The van der Waals surface area contributed by atoms with Gasteiger partial charge in [-0.1, -0.05) is 12.8 Å². The quantitative estimate of drug-likeness (QED) is 0.320. The molecule has 2 N–H and O–H groups in total. The van der Waals surface area contributed by atoms with Crippen LogP contribution in [0.3, 0.4) is 0 Å². The Hall–Kier alpha value is -1.26. The zero-order valence-corrected chi connectivity index (χ0v) is 12.2. The van der Waals surface area contributed by atoms with E-state index in [0.29, 0.717) is 25.6 Å². The Morgan fingerprint density at radius 1 is 1.32 bits per heavy atom. The van der Waals surface area contributed by atoms with Gasteiger partial charge in [-0.2, -0.15) is 0 Å². The average molecular weight is 269 g/mol. The van der Waals surface area contributed by atoms with Crippen molar-refractivity contribution in [1.29, 1.82) is 0 Å². The van der Waals surface area contributed by atoms with Crippen molar-refractivity contribution >= 4 is 11.9 Å². The second-order valence-electron chi connectivity index (χ2n) is 4.79. The molecule has 1 saturated carbocycles. The Kier molecular flexibility index (Phi) is 8.02. The van der Waals surface area contributed by atoms with Crippen LogP contribution in [0.15, 0.2) is 4.99 Å². The lowest BCUT2D eigenvalue weighted by Crippen LogP contribution is -2.42. The first-order chi connectivity index (χ1) is 9.26. The maximum absolute atomic E-state index is 11.2. The highest BCUT2D eigenvalue weighted by molar-refractivity contribution is 5.80. The molecule has 0 heterocycles. The molecule has 0 aromatic rings. The molecule has 0 bridgehead atoms. The zero-order chi connectivity index (χ0) is 13.9. The molecule has 0 atom stereocenters. The zero-order valence-electron chi connectivity index (χ0n) is 12.2. The Morgan fingerprint density at radius 3 is 2.68 bits per heavy atom. The summed E-state index contributed by atoms with van der Waals surface area (Å²) in [7, 11) is 0. The molecule has 110 valence electrons. The predicted molar refractivity (Wildman–Crippen MR) is 77.2 cm³/mol. The van der Waals surface area contributed by atoms with E-state index in [-0.39, 0.29) is 5.97 Å². The van der Waals surface area contributed by atoms with E-state index in [1.54, 1.807) is 0 Å². The number of hydrogen-bond acceptors (Lipinski definition) is 3. The molecule has 0 amide bonds. The van der Waals surface area contributed by atoms with Crippen molar-refractivity contribution in [3.05, 3.63) is 0 Å². The minimum absolute atomic E-state index is 0.133. The third-order valence-electron chi connectivity index (χ3n) is 3.15. The number of rotatable bonds is 7. The summed E-state index contributed by atoms with van der Waals surface area (Å²) in [6.45, 7) is 5.85. The van der Waals surface area contributed by atoms with Gasteiger partial charge < -0.3 is 15.4 Å². The molecule has 0 aliphatic heterocycles. The second kappa shape index (κ2) is 9.64. The number of hydrogen-bond donors (Lipinski definition) is 2. The van der Waals surface area contributed by atoms with Crippen LogP contribution in [0.25, 0.3) is 0 Å². The van der Waals surface area contributed by atoms with Gasteiger partial charge in [0.2, 0.25) is 0 Å². The summed E-state index contributed by atoms with van der Waals surface area (Å²) in [4.78, 5) is 15.7. The van der Waals surface area contributed by atoms with E-state index in [1.165, 1.54) is 25.7 Å². The van der Waals surface area contributed by atoms with E-state index in [2.05, 4.69) is 22.5 Å². The number of esters is 1. The van der Waals surface area contributed by atoms with Crippen LogP contribution in [0, 0.1) is 0 Å². The van der Waals surface area contributed by atoms with Crippen LogP contribution in [0.2, 0.25) is 0 Å². The number of guanidine groups is 1. The molecule has 0 spiro atoms. The van der Waals surface area contributed by atoms with E-state index in [1.807, 2.05) is 6.92 Å². The first kappa shape index (κ1) is 15.8. The fraction of sp³-hybridized carbons (Fsp3) is 0.857. The monoisotopic (exact) mass is 269 g/mol. The van der Waals surface area contributed by atoms with Gasteiger partial charge in [-0.15, -0.1) is 0 Å². The first-order valence-corrected chi connectivity index (χ1v) is 7.46. The summed E-state index contributed by atoms with van der Waals surface area (Å²) in [6.07, 6.45) is 6.25. The summed E-state index contributed by atoms with van der Waals surface area (Å²) >= 11 is 0. The molecule has 5 nitrogen and oxygen atoms in total. The molecule has 1 aliphatic rings. The molecule has 1 fully saturated rings. The predicted octanol–water partition coefficient (Wildman–Crippen LogP) is 1.83. The Balaban J connectivity index is 2.25. The molecule has 0 saturated heterocycles. The maximum atomic E-state index is 11.2. The van der Waals surface area contributed by atoms with Crippen molar-refractivity contribution in [2.75, 3.05) is 19.7 Å². The SMILES string of the molecule is CCNC(=NCCCC(=O)OCC)NC1CCCC1. The lowest BCUT2D eigenvalue weighted by molar-refractivity contribution is -0.143. The van der Waals surface area contributed by atoms with Crippen molar-refractivity contribution in [2.45, 2.75) is 58.4 Å². The van der Waals surface area contributed by atoms with Gasteiger partial charge in [0, 0.05) is 25.6 Å².